The monoisotopic (exact) mass is 1020 g/mol. The molecule has 0 bridgehead atoms. The molecule has 10 aromatic rings. The second-order valence-corrected chi connectivity index (χ2v) is 20.1. The summed E-state index contributed by atoms with van der Waals surface area (Å²) >= 11 is 0. The largest absolute Gasteiger partial charge is 0.504 e. The highest BCUT2D eigenvalue weighted by molar-refractivity contribution is 6.15. The number of fused-ring (bicyclic) bond motifs is 7. The van der Waals surface area contributed by atoms with Crippen molar-refractivity contribution in [3.05, 3.63) is 199 Å². The Morgan fingerprint density at radius 1 is 0.636 bits per heavy atom. The zero-order chi connectivity index (χ0) is 55.9. The highest BCUT2D eigenvalue weighted by Crippen LogP contribution is 2.55. The van der Waals surface area contributed by atoms with Crippen LogP contribution in [0.2, 0.25) is 0 Å². The summed E-state index contributed by atoms with van der Waals surface area (Å²) in [5, 5.41) is 50.0. The molecule has 4 N–H and O–H groups in total. The smallest absolute Gasteiger partial charge is 0.206 e. The van der Waals surface area contributed by atoms with E-state index in [1.165, 1.54) is 22.1 Å². The number of phenolic OH excluding ortho intramolecular Hbond substituents is 4. The molecule has 7 heteroatoms. The van der Waals surface area contributed by atoms with Crippen LogP contribution in [0.1, 0.15) is 99.3 Å². The molecule has 0 fully saturated rings. The van der Waals surface area contributed by atoms with Gasteiger partial charge in [-0.15, -0.1) is 0 Å². The summed E-state index contributed by atoms with van der Waals surface area (Å²) in [6, 6.07) is 47.5. The fraction of sp³-hybridized carbons (Fsp3) is 0.229. The SMILES string of the molecule is C=C/C(=C(C)\C=C/C)c1ccc2cc3c4cc(-c5ccc(N(c6ccc7oc8ccccc8c7c6)c6c(C)c(O)c(O)c(O)c6O)cc5)ccc4n(-c4ccccc4)c3cc2c1C.CC.CC.CC/C=C\C(C)C(C)(C)C. The third-order valence-electron chi connectivity index (χ3n) is 14.5. The zero-order valence-corrected chi connectivity index (χ0v) is 47.2. The van der Waals surface area contributed by atoms with Crippen molar-refractivity contribution in [1.82, 2.24) is 4.57 Å². The van der Waals surface area contributed by atoms with Crippen LogP contribution in [0, 0.1) is 25.2 Å². The van der Waals surface area contributed by atoms with Gasteiger partial charge in [0, 0.05) is 44.2 Å². The molecule has 7 nitrogen and oxygen atoms in total. The Labute approximate surface area is 455 Å². The normalized spacial score (nSPS) is 12.3. The van der Waals surface area contributed by atoms with Crippen LogP contribution in [0.15, 0.2) is 186 Å². The number of aromatic nitrogens is 1. The number of hydrogen-bond acceptors (Lipinski definition) is 6. The molecule has 0 saturated carbocycles. The van der Waals surface area contributed by atoms with E-state index in [9.17, 15) is 20.4 Å². The van der Waals surface area contributed by atoms with Gasteiger partial charge in [-0.1, -0.05) is 166 Å². The fourth-order valence-corrected chi connectivity index (χ4v) is 9.91. The van der Waals surface area contributed by atoms with Crippen LogP contribution in [0.4, 0.5) is 17.1 Å². The number of anilines is 3. The molecule has 1 unspecified atom stereocenters. The van der Waals surface area contributed by atoms with Gasteiger partial charge in [0.15, 0.2) is 11.5 Å². The minimum absolute atomic E-state index is 0.122. The molecule has 0 spiro atoms. The molecule has 1 atom stereocenters. The van der Waals surface area contributed by atoms with Gasteiger partial charge in [0.2, 0.25) is 11.5 Å². The first-order valence-corrected chi connectivity index (χ1v) is 27.0. The number of hydrogen-bond donors (Lipinski definition) is 4. The van der Waals surface area contributed by atoms with Crippen LogP contribution in [-0.2, 0) is 0 Å². The van der Waals surface area contributed by atoms with E-state index in [1.54, 1.807) is 11.8 Å². The Bertz CT molecular complexity index is 3790. The van der Waals surface area contributed by atoms with Gasteiger partial charge in [0.1, 0.15) is 11.2 Å². The summed E-state index contributed by atoms with van der Waals surface area (Å²) in [5.41, 5.74) is 13.4. The van der Waals surface area contributed by atoms with Crippen molar-refractivity contribution in [3.63, 3.8) is 0 Å². The summed E-state index contributed by atoms with van der Waals surface area (Å²) in [6.07, 6.45) is 11.8. The summed E-state index contributed by atoms with van der Waals surface area (Å²) < 4.78 is 8.46. The zero-order valence-electron chi connectivity index (χ0n) is 47.2. The number of furan rings is 1. The second-order valence-electron chi connectivity index (χ2n) is 20.1. The molecule has 0 aliphatic heterocycles. The van der Waals surface area contributed by atoms with E-state index in [0.29, 0.717) is 28.3 Å². The lowest BCUT2D eigenvalue weighted by Crippen LogP contribution is -2.14. The molecule has 0 aliphatic rings. The maximum absolute atomic E-state index is 11.4. The lowest BCUT2D eigenvalue weighted by molar-refractivity contribution is 0.314. The predicted octanol–water partition coefficient (Wildman–Crippen LogP) is 20.6. The maximum Gasteiger partial charge on any atom is 0.206 e. The number of aryl methyl sites for hydroxylation is 1. The van der Waals surface area contributed by atoms with E-state index in [-0.39, 0.29) is 11.3 Å². The van der Waals surface area contributed by atoms with Crippen molar-refractivity contribution in [3.8, 4) is 39.8 Å². The predicted molar refractivity (Wildman–Crippen MR) is 330 cm³/mol. The van der Waals surface area contributed by atoms with E-state index in [0.717, 1.165) is 72.4 Å². The number of benzene rings is 8. The van der Waals surface area contributed by atoms with Crippen molar-refractivity contribution in [2.45, 2.75) is 96.4 Å². The van der Waals surface area contributed by atoms with Gasteiger partial charge in [0.05, 0.1) is 16.7 Å². The van der Waals surface area contributed by atoms with E-state index in [1.807, 2.05) is 113 Å². The van der Waals surface area contributed by atoms with Crippen molar-refractivity contribution in [2.24, 2.45) is 11.3 Å². The minimum Gasteiger partial charge on any atom is -0.504 e. The highest BCUT2D eigenvalue weighted by Gasteiger charge is 2.28. The van der Waals surface area contributed by atoms with Gasteiger partial charge < -0.3 is 34.3 Å². The maximum atomic E-state index is 11.4. The van der Waals surface area contributed by atoms with Crippen LogP contribution in [0.25, 0.3) is 76.9 Å². The molecule has 396 valence electrons. The summed E-state index contributed by atoms with van der Waals surface area (Å²) in [6.45, 7) is 31.4. The Morgan fingerprint density at radius 2 is 1.26 bits per heavy atom. The first-order valence-electron chi connectivity index (χ1n) is 27.0. The van der Waals surface area contributed by atoms with Gasteiger partial charge in [-0.3, -0.25) is 0 Å². The number of aromatic hydroxyl groups is 4. The quantitative estimate of drug-likeness (QED) is 0.0471. The Morgan fingerprint density at radius 3 is 1.92 bits per heavy atom. The van der Waals surface area contributed by atoms with Crippen LogP contribution < -0.4 is 4.90 Å². The van der Waals surface area contributed by atoms with Crippen molar-refractivity contribution >= 4 is 77.2 Å². The molecule has 0 radical (unpaired) electrons. The lowest BCUT2D eigenvalue weighted by atomic mass is 9.82. The van der Waals surface area contributed by atoms with Gasteiger partial charge in [-0.25, -0.2) is 0 Å². The molecule has 8 aromatic carbocycles. The fourth-order valence-electron chi connectivity index (χ4n) is 9.91. The summed E-state index contributed by atoms with van der Waals surface area (Å²) in [7, 11) is 0. The van der Waals surface area contributed by atoms with E-state index in [4.69, 9.17) is 4.42 Å². The van der Waals surface area contributed by atoms with E-state index < -0.39 is 23.0 Å². The molecule has 10 rings (SSSR count). The minimum atomic E-state index is -0.811. The van der Waals surface area contributed by atoms with E-state index >= 15 is 0 Å². The van der Waals surface area contributed by atoms with Crippen LogP contribution in [0.3, 0.4) is 0 Å². The van der Waals surface area contributed by atoms with Gasteiger partial charge in [0.25, 0.3) is 0 Å². The van der Waals surface area contributed by atoms with Crippen LogP contribution >= 0.6 is 0 Å². The Balaban J connectivity index is 0.000000550. The van der Waals surface area contributed by atoms with Crippen LogP contribution in [-0.4, -0.2) is 25.0 Å². The topological polar surface area (TPSA) is 102 Å². The average Bonchev–Trinajstić information content (AvgIpc) is 4.09. The molecule has 77 heavy (non-hydrogen) atoms. The summed E-state index contributed by atoms with van der Waals surface area (Å²) in [5.74, 6) is -2.00. The lowest BCUT2D eigenvalue weighted by Gasteiger charge is -2.28. The standard InChI is InChI=1S/C56H44N2O5.C10H20.2C2H6/c1-6-13-32(3)41(7-2)42-25-20-37-29-46-45-28-36(21-26-48(45)58(38-14-9-8-10-15-38)49(46)31-44(37)33(42)4)35-18-22-39(23-19-35)57(52-34(5)53(59)55(61)56(62)54(52)60)40-24-27-51-47(30-40)43-16-11-12-17-50(43)63-51;1-6-7-8-9(2)10(3,4)5;2*1-2/h6-31,59-62H,2H2,1,3-5H3;7-9H,6H2,1-5H3;2*1-2H3/b13-6-,41-32+;8-7-;;. The third-order valence-corrected chi connectivity index (χ3v) is 14.5. The first-order chi connectivity index (χ1) is 37.1. The molecular weight excluding hydrogens is 949 g/mol. The molecule has 2 aromatic heterocycles. The molecule has 0 saturated heterocycles. The first kappa shape index (κ1) is 56.3. The van der Waals surface area contributed by atoms with Crippen molar-refractivity contribution in [1.29, 1.82) is 0 Å². The molecule has 0 aliphatic carbocycles. The van der Waals surface area contributed by atoms with Gasteiger partial charge >= 0.3 is 0 Å². The van der Waals surface area contributed by atoms with E-state index in [2.05, 4.69) is 151 Å². The number of nitrogens with zero attached hydrogens (tertiary/aromatic N) is 2. The number of rotatable bonds is 10. The summed E-state index contributed by atoms with van der Waals surface area (Å²) in [4.78, 5) is 1.76. The van der Waals surface area contributed by atoms with Gasteiger partial charge in [-0.2, -0.15) is 0 Å². The molecular formula is C70H76N2O5. The molecule has 2 heterocycles. The third kappa shape index (κ3) is 11.0. The van der Waals surface area contributed by atoms with Crippen molar-refractivity contribution in [2.75, 3.05) is 4.90 Å². The van der Waals surface area contributed by atoms with Gasteiger partial charge in [-0.05, 0) is 162 Å². The molecule has 0 amide bonds. The number of allylic oxidation sites excluding steroid dienone is 7. The Kier molecular flexibility index (Phi) is 17.6. The van der Waals surface area contributed by atoms with Crippen molar-refractivity contribution < 1.29 is 24.8 Å². The number of para-hydroxylation sites is 2. The van der Waals surface area contributed by atoms with Crippen LogP contribution in [0.5, 0.6) is 23.0 Å². The second kappa shape index (κ2) is 24.1. The Hall–Kier alpha value is -8.42. The average molecular weight is 1030 g/mol. The number of phenols is 4. The highest BCUT2D eigenvalue weighted by atomic mass is 16.3.